The molecule has 0 amide bonds. The average Bonchev–Trinajstić information content (AvgIpc) is 2.64. The molecule has 1 atom stereocenters. The molecular weight excluding hydrogens is 272 g/mol. The van der Waals surface area contributed by atoms with Gasteiger partial charge in [-0.05, 0) is 28.4 Å². The Bertz CT molecular complexity index is 272. The van der Waals surface area contributed by atoms with Crippen LogP contribution in [0, 0.1) is 0 Å². The highest BCUT2D eigenvalue weighted by Crippen LogP contribution is 2.28. The zero-order valence-electron chi connectivity index (χ0n) is 9.21. The maximum atomic E-state index is 9.88. The molecule has 1 rings (SSSR count). The van der Waals surface area contributed by atoms with Crippen molar-refractivity contribution in [2.45, 2.75) is 51.6 Å². The molecule has 0 aliphatic heterocycles. The van der Waals surface area contributed by atoms with E-state index in [0.717, 1.165) is 22.2 Å². The van der Waals surface area contributed by atoms with Gasteiger partial charge in [-0.15, -0.1) is 11.3 Å². The lowest BCUT2D eigenvalue weighted by atomic mass is 10.1. The molecule has 0 radical (unpaired) electrons. The lowest BCUT2D eigenvalue weighted by molar-refractivity contribution is 0.167. The summed E-state index contributed by atoms with van der Waals surface area (Å²) < 4.78 is 1.08. The van der Waals surface area contributed by atoms with Crippen molar-refractivity contribution < 1.29 is 5.11 Å². The summed E-state index contributed by atoms with van der Waals surface area (Å²) in [4.78, 5) is 1.08. The quantitative estimate of drug-likeness (QED) is 0.708. The molecule has 3 heteroatoms. The van der Waals surface area contributed by atoms with E-state index in [0.29, 0.717) is 0 Å². The molecule has 1 aromatic rings. The van der Waals surface area contributed by atoms with Crippen LogP contribution in [0.5, 0.6) is 0 Å². The van der Waals surface area contributed by atoms with Crippen LogP contribution in [0.4, 0.5) is 0 Å². The van der Waals surface area contributed by atoms with Gasteiger partial charge in [0.2, 0.25) is 0 Å². The molecule has 0 saturated carbocycles. The van der Waals surface area contributed by atoms with Crippen molar-refractivity contribution in [2.75, 3.05) is 0 Å². The van der Waals surface area contributed by atoms with Gasteiger partial charge in [-0.25, -0.2) is 0 Å². The van der Waals surface area contributed by atoms with Crippen LogP contribution >= 0.6 is 27.3 Å². The topological polar surface area (TPSA) is 20.2 Å². The molecule has 1 aromatic heterocycles. The molecule has 0 aromatic carbocycles. The Balaban J connectivity index is 2.16. The van der Waals surface area contributed by atoms with E-state index < -0.39 is 0 Å². The Labute approximate surface area is 105 Å². The summed E-state index contributed by atoms with van der Waals surface area (Å²) in [5.74, 6) is 0. The van der Waals surface area contributed by atoms with Crippen LogP contribution in [0.1, 0.15) is 56.4 Å². The summed E-state index contributed by atoms with van der Waals surface area (Å²) in [7, 11) is 0. The summed E-state index contributed by atoms with van der Waals surface area (Å²) in [5, 5.41) is 11.9. The second-order valence-corrected chi connectivity index (χ2v) is 5.74. The highest BCUT2D eigenvalue weighted by atomic mass is 79.9. The van der Waals surface area contributed by atoms with Crippen molar-refractivity contribution in [2.24, 2.45) is 0 Å². The van der Waals surface area contributed by atoms with Gasteiger partial charge in [0.1, 0.15) is 0 Å². The summed E-state index contributed by atoms with van der Waals surface area (Å²) >= 11 is 5.03. The molecule has 0 spiro atoms. The minimum absolute atomic E-state index is 0.261. The smallest absolute Gasteiger partial charge is 0.0882 e. The first-order valence-electron chi connectivity index (χ1n) is 5.66. The van der Waals surface area contributed by atoms with Gasteiger partial charge in [0.05, 0.1) is 6.10 Å². The third-order valence-electron chi connectivity index (χ3n) is 2.50. The number of hydrogen-bond donors (Lipinski definition) is 1. The van der Waals surface area contributed by atoms with E-state index in [4.69, 9.17) is 0 Å². The number of thiophene rings is 1. The third-order valence-corrected chi connectivity index (χ3v) is 4.29. The Kier molecular flexibility index (Phi) is 6.53. The largest absolute Gasteiger partial charge is 0.388 e. The van der Waals surface area contributed by atoms with Gasteiger partial charge < -0.3 is 5.11 Å². The number of halogens is 1. The number of aliphatic hydroxyl groups is 1. The number of hydrogen-bond acceptors (Lipinski definition) is 2. The zero-order valence-corrected chi connectivity index (χ0v) is 11.6. The van der Waals surface area contributed by atoms with Crippen LogP contribution in [-0.4, -0.2) is 5.11 Å². The molecule has 0 aliphatic rings. The lowest BCUT2D eigenvalue weighted by Gasteiger charge is -2.07. The van der Waals surface area contributed by atoms with Gasteiger partial charge in [0.15, 0.2) is 0 Å². The second kappa shape index (κ2) is 7.42. The second-order valence-electron chi connectivity index (χ2n) is 3.89. The van der Waals surface area contributed by atoms with Gasteiger partial charge in [0, 0.05) is 14.7 Å². The van der Waals surface area contributed by atoms with E-state index in [1.807, 2.05) is 11.4 Å². The Morgan fingerprint density at radius 3 is 2.67 bits per heavy atom. The van der Waals surface area contributed by atoms with Gasteiger partial charge in [-0.2, -0.15) is 0 Å². The van der Waals surface area contributed by atoms with E-state index in [2.05, 4.69) is 22.9 Å². The highest BCUT2D eigenvalue weighted by Gasteiger charge is 2.09. The molecule has 1 nitrogen and oxygen atoms in total. The molecule has 0 bridgehead atoms. The van der Waals surface area contributed by atoms with Crippen molar-refractivity contribution in [3.63, 3.8) is 0 Å². The van der Waals surface area contributed by atoms with Crippen LogP contribution in [0.3, 0.4) is 0 Å². The Hall–Kier alpha value is 0.140. The average molecular weight is 291 g/mol. The van der Waals surface area contributed by atoms with Crippen LogP contribution < -0.4 is 0 Å². The van der Waals surface area contributed by atoms with E-state index in [-0.39, 0.29) is 6.10 Å². The van der Waals surface area contributed by atoms with E-state index in [1.54, 1.807) is 11.3 Å². The first kappa shape index (κ1) is 13.2. The summed E-state index contributed by atoms with van der Waals surface area (Å²) in [6, 6.07) is 2.02. The minimum Gasteiger partial charge on any atom is -0.388 e. The fourth-order valence-electron chi connectivity index (χ4n) is 1.59. The third kappa shape index (κ3) is 5.14. The van der Waals surface area contributed by atoms with Gasteiger partial charge in [0.25, 0.3) is 0 Å². The molecule has 0 aliphatic carbocycles. The molecule has 15 heavy (non-hydrogen) atoms. The Morgan fingerprint density at radius 1 is 1.33 bits per heavy atom. The normalized spacial score (nSPS) is 13.0. The van der Waals surface area contributed by atoms with Crippen molar-refractivity contribution in [1.29, 1.82) is 0 Å². The van der Waals surface area contributed by atoms with Crippen LogP contribution in [0.25, 0.3) is 0 Å². The maximum Gasteiger partial charge on any atom is 0.0882 e. The maximum absolute atomic E-state index is 9.88. The monoisotopic (exact) mass is 290 g/mol. The fourth-order valence-corrected chi connectivity index (χ4v) is 3.05. The van der Waals surface area contributed by atoms with Crippen molar-refractivity contribution in [3.05, 3.63) is 20.8 Å². The summed E-state index contributed by atoms with van der Waals surface area (Å²) in [6.45, 7) is 2.22. The predicted molar refractivity (Wildman–Crippen MR) is 70.4 cm³/mol. The molecule has 86 valence electrons. The SMILES string of the molecule is CCCCCCCC(O)c1cc(Br)cs1. The van der Waals surface area contributed by atoms with Crippen molar-refractivity contribution in [1.82, 2.24) is 0 Å². The van der Waals surface area contributed by atoms with Crippen molar-refractivity contribution in [3.8, 4) is 0 Å². The fraction of sp³-hybridized carbons (Fsp3) is 0.667. The zero-order chi connectivity index (χ0) is 11.1. The molecule has 1 N–H and O–H groups in total. The molecule has 1 unspecified atom stereocenters. The predicted octanol–water partition coefficient (Wildman–Crippen LogP) is 4.90. The summed E-state index contributed by atoms with van der Waals surface area (Å²) in [6.07, 6.45) is 6.92. The number of rotatable bonds is 7. The minimum atomic E-state index is -0.261. The molecule has 0 saturated heterocycles. The van der Waals surface area contributed by atoms with E-state index >= 15 is 0 Å². The van der Waals surface area contributed by atoms with Gasteiger partial charge in [-0.3, -0.25) is 0 Å². The molecule has 1 heterocycles. The van der Waals surface area contributed by atoms with Crippen LogP contribution in [0.2, 0.25) is 0 Å². The van der Waals surface area contributed by atoms with Gasteiger partial charge in [-0.1, -0.05) is 39.0 Å². The van der Waals surface area contributed by atoms with Gasteiger partial charge >= 0.3 is 0 Å². The summed E-state index contributed by atoms with van der Waals surface area (Å²) in [5.41, 5.74) is 0. The number of unbranched alkanes of at least 4 members (excludes halogenated alkanes) is 4. The standard InChI is InChI=1S/C12H19BrOS/c1-2-3-4-5-6-7-11(14)12-8-10(13)9-15-12/h8-9,11,14H,2-7H2,1H3. The van der Waals surface area contributed by atoms with E-state index in [1.165, 1.54) is 25.7 Å². The first-order chi connectivity index (χ1) is 7.24. The van der Waals surface area contributed by atoms with Crippen molar-refractivity contribution >= 4 is 27.3 Å². The number of aliphatic hydroxyl groups excluding tert-OH is 1. The first-order valence-corrected chi connectivity index (χ1v) is 7.33. The molecule has 0 fully saturated rings. The van der Waals surface area contributed by atoms with Crippen LogP contribution in [0.15, 0.2) is 15.9 Å². The lowest BCUT2D eigenvalue weighted by Crippen LogP contribution is -1.94. The molecular formula is C12H19BrOS. The van der Waals surface area contributed by atoms with Crippen LogP contribution in [-0.2, 0) is 0 Å². The highest BCUT2D eigenvalue weighted by molar-refractivity contribution is 9.10. The Morgan fingerprint density at radius 2 is 2.07 bits per heavy atom. The van der Waals surface area contributed by atoms with E-state index in [9.17, 15) is 5.11 Å².